The van der Waals surface area contributed by atoms with Gasteiger partial charge in [-0.25, -0.2) is 9.97 Å². The van der Waals surface area contributed by atoms with Crippen molar-refractivity contribution in [2.45, 2.75) is 38.6 Å². The van der Waals surface area contributed by atoms with Crippen LogP contribution in [0.2, 0.25) is 0 Å². The van der Waals surface area contributed by atoms with E-state index < -0.39 is 0 Å². The zero-order chi connectivity index (χ0) is 13.1. The maximum atomic E-state index is 4.53. The van der Waals surface area contributed by atoms with Gasteiger partial charge in [0.2, 0.25) is 0 Å². The number of aryl methyl sites for hydroxylation is 1. The lowest BCUT2D eigenvalue weighted by Gasteiger charge is -2.14. The second-order valence-electron chi connectivity index (χ2n) is 5.18. The highest BCUT2D eigenvalue weighted by Gasteiger charge is 2.15. The molecule has 1 fully saturated rings. The molecule has 0 spiro atoms. The molecule has 0 aliphatic heterocycles. The monoisotopic (exact) mass is 253 g/mol. The topological polar surface area (TPSA) is 37.8 Å². The van der Waals surface area contributed by atoms with E-state index in [4.69, 9.17) is 0 Å². The maximum Gasteiger partial charge on any atom is 0.130 e. The van der Waals surface area contributed by atoms with Gasteiger partial charge in [-0.1, -0.05) is 43.2 Å². The third-order valence-corrected chi connectivity index (χ3v) is 3.61. The van der Waals surface area contributed by atoms with Crippen LogP contribution in [0.15, 0.2) is 36.4 Å². The summed E-state index contributed by atoms with van der Waals surface area (Å²) >= 11 is 0. The van der Waals surface area contributed by atoms with Gasteiger partial charge < -0.3 is 5.32 Å². The molecule has 1 saturated carbocycles. The number of rotatable bonds is 3. The second-order valence-corrected chi connectivity index (χ2v) is 5.18. The van der Waals surface area contributed by atoms with E-state index in [1.807, 2.05) is 25.1 Å². The van der Waals surface area contributed by atoms with Crippen molar-refractivity contribution in [3.8, 4) is 11.3 Å². The van der Waals surface area contributed by atoms with Gasteiger partial charge in [-0.3, -0.25) is 0 Å². The minimum absolute atomic E-state index is 0.581. The molecule has 1 aromatic heterocycles. The van der Waals surface area contributed by atoms with Crippen LogP contribution in [0, 0.1) is 6.92 Å². The molecule has 3 nitrogen and oxygen atoms in total. The average Bonchev–Trinajstić information content (AvgIpc) is 2.92. The molecule has 3 rings (SSSR count). The number of nitrogens with one attached hydrogen (secondary N) is 1. The average molecular weight is 253 g/mol. The Balaban J connectivity index is 1.87. The molecule has 19 heavy (non-hydrogen) atoms. The fraction of sp³-hybridized carbons (Fsp3) is 0.375. The van der Waals surface area contributed by atoms with Gasteiger partial charge in [-0.15, -0.1) is 0 Å². The molecule has 0 radical (unpaired) electrons. The predicted molar refractivity (Wildman–Crippen MR) is 78.1 cm³/mol. The van der Waals surface area contributed by atoms with Crippen LogP contribution in [0.5, 0.6) is 0 Å². The van der Waals surface area contributed by atoms with Gasteiger partial charge >= 0.3 is 0 Å². The first kappa shape index (κ1) is 12.2. The SMILES string of the molecule is Cc1nc(NC2CCCC2)cc(-c2ccccc2)n1. The number of hydrogen-bond donors (Lipinski definition) is 1. The van der Waals surface area contributed by atoms with Crippen molar-refractivity contribution in [3.05, 3.63) is 42.2 Å². The lowest BCUT2D eigenvalue weighted by Crippen LogP contribution is -2.16. The number of aromatic nitrogens is 2. The largest absolute Gasteiger partial charge is 0.367 e. The van der Waals surface area contributed by atoms with Gasteiger partial charge in [-0.2, -0.15) is 0 Å². The molecule has 1 N–H and O–H groups in total. The summed E-state index contributed by atoms with van der Waals surface area (Å²) in [6.07, 6.45) is 5.16. The maximum absolute atomic E-state index is 4.53. The quantitative estimate of drug-likeness (QED) is 0.904. The number of anilines is 1. The molecule has 0 amide bonds. The highest BCUT2D eigenvalue weighted by molar-refractivity contribution is 5.62. The van der Waals surface area contributed by atoms with E-state index in [9.17, 15) is 0 Å². The van der Waals surface area contributed by atoms with Gasteiger partial charge in [0.1, 0.15) is 11.6 Å². The summed E-state index contributed by atoms with van der Waals surface area (Å²) in [6, 6.07) is 12.9. The van der Waals surface area contributed by atoms with Crippen LogP contribution in [-0.4, -0.2) is 16.0 Å². The zero-order valence-electron chi connectivity index (χ0n) is 11.3. The summed E-state index contributed by atoms with van der Waals surface area (Å²) in [6.45, 7) is 1.95. The van der Waals surface area contributed by atoms with Crippen LogP contribution < -0.4 is 5.32 Å². The molecule has 2 aromatic rings. The van der Waals surface area contributed by atoms with Gasteiger partial charge in [0.25, 0.3) is 0 Å². The Morgan fingerprint density at radius 1 is 1.05 bits per heavy atom. The summed E-state index contributed by atoms with van der Waals surface area (Å²) in [7, 11) is 0. The van der Waals surface area contributed by atoms with E-state index in [0.29, 0.717) is 6.04 Å². The molecular weight excluding hydrogens is 234 g/mol. The molecule has 98 valence electrons. The van der Waals surface area contributed by atoms with Crippen LogP contribution in [0.1, 0.15) is 31.5 Å². The molecule has 1 aromatic carbocycles. The summed E-state index contributed by atoms with van der Waals surface area (Å²) in [5.41, 5.74) is 2.14. The van der Waals surface area contributed by atoms with Crippen molar-refractivity contribution < 1.29 is 0 Å². The van der Waals surface area contributed by atoms with Crippen molar-refractivity contribution >= 4 is 5.82 Å². The molecule has 3 heteroatoms. The van der Waals surface area contributed by atoms with Gasteiger partial charge in [0.05, 0.1) is 5.69 Å². The molecular formula is C16H19N3. The highest BCUT2D eigenvalue weighted by atomic mass is 15.0. The molecule has 1 aliphatic rings. The number of hydrogen-bond acceptors (Lipinski definition) is 3. The molecule has 0 bridgehead atoms. The van der Waals surface area contributed by atoms with Crippen molar-refractivity contribution in [1.82, 2.24) is 9.97 Å². The van der Waals surface area contributed by atoms with Gasteiger partial charge in [0, 0.05) is 17.7 Å². The summed E-state index contributed by atoms with van der Waals surface area (Å²) in [5, 5.41) is 3.54. The fourth-order valence-corrected chi connectivity index (χ4v) is 2.68. The fourth-order valence-electron chi connectivity index (χ4n) is 2.68. The molecule has 0 atom stereocenters. The van der Waals surface area contributed by atoms with Crippen molar-refractivity contribution in [2.24, 2.45) is 0 Å². The third-order valence-electron chi connectivity index (χ3n) is 3.61. The van der Waals surface area contributed by atoms with E-state index >= 15 is 0 Å². The zero-order valence-corrected chi connectivity index (χ0v) is 11.3. The summed E-state index contributed by atoms with van der Waals surface area (Å²) < 4.78 is 0. The molecule has 1 heterocycles. The Bertz CT molecular complexity index is 545. The van der Waals surface area contributed by atoms with Crippen molar-refractivity contribution in [1.29, 1.82) is 0 Å². The summed E-state index contributed by atoms with van der Waals surface area (Å²) in [5.74, 6) is 1.78. The first-order valence-electron chi connectivity index (χ1n) is 6.99. The van der Waals surface area contributed by atoms with E-state index in [2.05, 4.69) is 33.5 Å². The third kappa shape index (κ3) is 2.92. The first-order valence-corrected chi connectivity index (χ1v) is 6.99. The molecule has 1 aliphatic carbocycles. The Morgan fingerprint density at radius 3 is 2.53 bits per heavy atom. The smallest absolute Gasteiger partial charge is 0.130 e. The summed E-state index contributed by atoms with van der Waals surface area (Å²) in [4.78, 5) is 9.03. The Labute approximate surface area is 114 Å². The number of benzene rings is 1. The Hall–Kier alpha value is -1.90. The van der Waals surface area contributed by atoms with Crippen LogP contribution >= 0.6 is 0 Å². The van der Waals surface area contributed by atoms with Gasteiger partial charge in [-0.05, 0) is 19.8 Å². The lowest BCUT2D eigenvalue weighted by molar-refractivity contribution is 0.748. The minimum atomic E-state index is 0.581. The van der Waals surface area contributed by atoms with Crippen LogP contribution in [0.4, 0.5) is 5.82 Å². The van der Waals surface area contributed by atoms with E-state index in [1.165, 1.54) is 25.7 Å². The highest BCUT2D eigenvalue weighted by Crippen LogP contribution is 2.24. The molecule has 0 unspecified atom stereocenters. The second kappa shape index (κ2) is 5.39. The van der Waals surface area contributed by atoms with E-state index in [0.717, 1.165) is 22.9 Å². The van der Waals surface area contributed by atoms with Crippen LogP contribution in [0.25, 0.3) is 11.3 Å². The minimum Gasteiger partial charge on any atom is -0.367 e. The standard InChI is InChI=1S/C16H19N3/c1-12-17-15(13-7-3-2-4-8-13)11-16(18-12)19-14-9-5-6-10-14/h2-4,7-8,11,14H,5-6,9-10H2,1H3,(H,17,18,19). The van der Waals surface area contributed by atoms with Gasteiger partial charge in [0.15, 0.2) is 0 Å². The van der Waals surface area contributed by atoms with Crippen LogP contribution in [-0.2, 0) is 0 Å². The van der Waals surface area contributed by atoms with Crippen molar-refractivity contribution in [2.75, 3.05) is 5.32 Å². The predicted octanol–water partition coefficient (Wildman–Crippen LogP) is 3.81. The normalized spacial score (nSPS) is 15.6. The van der Waals surface area contributed by atoms with Crippen LogP contribution in [0.3, 0.4) is 0 Å². The van der Waals surface area contributed by atoms with E-state index in [-0.39, 0.29) is 0 Å². The number of nitrogens with zero attached hydrogens (tertiary/aromatic N) is 2. The molecule has 0 saturated heterocycles. The Morgan fingerprint density at radius 2 is 1.79 bits per heavy atom. The van der Waals surface area contributed by atoms with Crippen molar-refractivity contribution in [3.63, 3.8) is 0 Å². The first-order chi connectivity index (χ1) is 9.31. The van der Waals surface area contributed by atoms with E-state index in [1.54, 1.807) is 0 Å². The Kier molecular flexibility index (Phi) is 3.45. The lowest BCUT2D eigenvalue weighted by atomic mass is 10.1.